The Hall–Kier alpha value is -0.530. The highest BCUT2D eigenvalue weighted by Gasteiger charge is 2.19. The van der Waals surface area contributed by atoms with Crippen LogP contribution >= 0.6 is 0 Å². The fourth-order valence-electron chi connectivity index (χ4n) is 7.43. The number of rotatable bonds is 42. The number of hydrogen-bond acceptors (Lipinski definition) is 2. The lowest BCUT2D eigenvalue weighted by Gasteiger charge is -2.16. The molecule has 288 valence electrons. The fourth-order valence-corrected chi connectivity index (χ4v) is 7.43. The molecule has 0 heterocycles. The Morgan fingerprint density at radius 2 is 0.521 bits per heavy atom. The fraction of sp³-hybridized carbons (Fsp3) is 0.978. The molecule has 0 aliphatic rings. The first-order valence-electron chi connectivity index (χ1n) is 22.9. The summed E-state index contributed by atoms with van der Waals surface area (Å²) in [5.74, 6) is 0.263. The Labute approximate surface area is 304 Å². The molecule has 0 aliphatic heterocycles. The van der Waals surface area contributed by atoms with Crippen LogP contribution in [0, 0.1) is 5.92 Å². The van der Waals surface area contributed by atoms with Gasteiger partial charge in [-0.25, -0.2) is 0 Å². The Kier molecular flexibility index (Phi) is 42.2. The minimum atomic E-state index is 0.121. The van der Waals surface area contributed by atoms with Gasteiger partial charge in [-0.05, 0) is 19.3 Å². The van der Waals surface area contributed by atoms with Gasteiger partial charge in [0.1, 0.15) is 0 Å². The van der Waals surface area contributed by atoms with Gasteiger partial charge < -0.3 is 4.74 Å². The molecule has 0 aliphatic carbocycles. The molecule has 0 fully saturated rings. The van der Waals surface area contributed by atoms with Gasteiger partial charge in [0, 0.05) is 0 Å². The Bertz CT molecular complexity index is 587. The summed E-state index contributed by atoms with van der Waals surface area (Å²) in [5, 5.41) is 0. The highest BCUT2D eigenvalue weighted by atomic mass is 16.5. The first-order chi connectivity index (χ1) is 23.8. The van der Waals surface area contributed by atoms with Gasteiger partial charge in [0.2, 0.25) is 0 Å². The van der Waals surface area contributed by atoms with Crippen LogP contribution in [0.4, 0.5) is 0 Å². The van der Waals surface area contributed by atoms with Crippen LogP contribution in [0.3, 0.4) is 0 Å². The third kappa shape index (κ3) is 38.3. The van der Waals surface area contributed by atoms with E-state index in [-0.39, 0.29) is 11.9 Å². The van der Waals surface area contributed by atoms with Crippen LogP contribution in [-0.2, 0) is 9.53 Å². The van der Waals surface area contributed by atoms with Crippen molar-refractivity contribution in [2.45, 2.75) is 278 Å². The van der Waals surface area contributed by atoms with E-state index in [0.29, 0.717) is 6.61 Å². The lowest BCUT2D eigenvalue weighted by molar-refractivity contribution is -0.149. The molecule has 2 heteroatoms. The van der Waals surface area contributed by atoms with Gasteiger partial charge in [-0.2, -0.15) is 0 Å². The van der Waals surface area contributed by atoms with Crippen molar-refractivity contribution in [2.24, 2.45) is 5.92 Å². The Morgan fingerprint density at radius 3 is 0.771 bits per heavy atom. The lowest BCUT2D eigenvalue weighted by atomic mass is 9.94. The number of carbonyl (C=O) groups is 1. The third-order valence-electron chi connectivity index (χ3n) is 10.9. The highest BCUT2D eigenvalue weighted by molar-refractivity contribution is 5.72. The van der Waals surface area contributed by atoms with Gasteiger partial charge >= 0.3 is 5.97 Å². The molecule has 0 aromatic heterocycles. The number of carbonyl (C=O) groups excluding carboxylic acids is 1. The van der Waals surface area contributed by atoms with Crippen LogP contribution in [0.15, 0.2) is 0 Å². The maximum Gasteiger partial charge on any atom is 0.308 e. The largest absolute Gasteiger partial charge is 0.465 e. The molecule has 0 rings (SSSR count). The predicted molar refractivity (Wildman–Crippen MR) is 216 cm³/mol. The lowest BCUT2D eigenvalue weighted by Crippen LogP contribution is -2.18. The van der Waals surface area contributed by atoms with Crippen molar-refractivity contribution in [3.8, 4) is 0 Å². The molecule has 0 saturated heterocycles. The normalized spacial score (nSPS) is 12.1. The molecule has 48 heavy (non-hydrogen) atoms. The molecule has 0 N–H and O–H groups in total. The summed E-state index contributed by atoms with van der Waals surface area (Å²) in [7, 11) is 0. The van der Waals surface area contributed by atoms with E-state index in [1.807, 2.05) is 0 Å². The van der Waals surface area contributed by atoms with Crippen molar-refractivity contribution in [3.05, 3.63) is 0 Å². The van der Waals surface area contributed by atoms with Gasteiger partial charge in [0.15, 0.2) is 0 Å². The first-order valence-corrected chi connectivity index (χ1v) is 22.9. The molecule has 1 atom stereocenters. The first kappa shape index (κ1) is 47.5. The SMILES string of the molecule is CCCCCCCCCCCCCCCCC(CCCCCCCCCCCCCC)C(=O)OCCCCCCCCCCCCCC. The van der Waals surface area contributed by atoms with Gasteiger partial charge in [0.05, 0.1) is 12.5 Å². The van der Waals surface area contributed by atoms with E-state index in [0.717, 1.165) is 19.3 Å². The van der Waals surface area contributed by atoms with Crippen LogP contribution in [0.5, 0.6) is 0 Å². The zero-order chi connectivity index (χ0) is 34.9. The molecule has 0 spiro atoms. The van der Waals surface area contributed by atoms with Gasteiger partial charge in [-0.15, -0.1) is 0 Å². The van der Waals surface area contributed by atoms with Crippen molar-refractivity contribution >= 4 is 5.97 Å². The quantitative estimate of drug-likeness (QED) is 0.0475. The molecular weight excluding hydrogens is 585 g/mol. The second-order valence-corrected chi connectivity index (χ2v) is 15.8. The predicted octanol–water partition coefficient (Wildman–Crippen LogP) is 16.8. The summed E-state index contributed by atoms with van der Waals surface area (Å²) in [6.45, 7) is 7.53. The minimum Gasteiger partial charge on any atom is -0.465 e. The summed E-state index contributed by atoms with van der Waals surface area (Å²) < 4.78 is 5.88. The number of esters is 1. The van der Waals surface area contributed by atoms with Crippen molar-refractivity contribution in [1.82, 2.24) is 0 Å². The number of unbranched alkanes of at least 4 members (excludes halogenated alkanes) is 35. The van der Waals surface area contributed by atoms with Gasteiger partial charge in [-0.3, -0.25) is 4.79 Å². The van der Waals surface area contributed by atoms with Gasteiger partial charge in [-0.1, -0.05) is 258 Å². The molecular formula is C46H92O2. The van der Waals surface area contributed by atoms with Crippen LogP contribution in [-0.4, -0.2) is 12.6 Å². The average Bonchev–Trinajstić information content (AvgIpc) is 3.09. The van der Waals surface area contributed by atoms with E-state index in [1.165, 1.54) is 238 Å². The highest BCUT2D eigenvalue weighted by Crippen LogP contribution is 2.22. The van der Waals surface area contributed by atoms with E-state index in [9.17, 15) is 4.79 Å². The Morgan fingerprint density at radius 1 is 0.312 bits per heavy atom. The van der Waals surface area contributed by atoms with E-state index < -0.39 is 0 Å². The van der Waals surface area contributed by atoms with E-state index in [4.69, 9.17) is 4.74 Å². The summed E-state index contributed by atoms with van der Waals surface area (Å²) in [6, 6.07) is 0. The number of ether oxygens (including phenoxy) is 1. The summed E-state index contributed by atoms with van der Waals surface area (Å²) in [4.78, 5) is 13.1. The maximum atomic E-state index is 13.1. The second kappa shape index (κ2) is 42.6. The molecule has 0 amide bonds. The molecule has 0 aromatic rings. The van der Waals surface area contributed by atoms with E-state index in [2.05, 4.69) is 20.8 Å². The van der Waals surface area contributed by atoms with Crippen LogP contribution in [0.25, 0.3) is 0 Å². The van der Waals surface area contributed by atoms with Crippen molar-refractivity contribution in [3.63, 3.8) is 0 Å². The third-order valence-corrected chi connectivity index (χ3v) is 10.9. The molecule has 0 aromatic carbocycles. The Balaban J connectivity index is 4.06. The zero-order valence-electron chi connectivity index (χ0n) is 33.9. The summed E-state index contributed by atoms with van der Waals surface area (Å²) >= 11 is 0. The topological polar surface area (TPSA) is 26.3 Å². The molecule has 0 bridgehead atoms. The molecule has 1 unspecified atom stereocenters. The monoisotopic (exact) mass is 677 g/mol. The molecule has 2 nitrogen and oxygen atoms in total. The second-order valence-electron chi connectivity index (χ2n) is 15.8. The van der Waals surface area contributed by atoms with Crippen molar-refractivity contribution < 1.29 is 9.53 Å². The van der Waals surface area contributed by atoms with Crippen LogP contribution < -0.4 is 0 Å². The van der Waals surface area contributed by atoms with E-state index >= 15 is 0 Å². The van der Waals surface area contributed by atoms with Crippen LogP contribution in [0.1, 0.15) is 278 Å². The standard InChI is InChI=1S/C46H92O2/c1-4-7-10-13-16-19-22-25-26-28-31-34-37-40-43-45(42-39-36-33-30-27-23-20-17-14-11-8-5-2)46(47)48-44-41-38-35-32-29-24-21-18-15-12-9-6-3/h45H,4-44H2,1-3H3. The van der Waals surface area contributed by atoms with Gasteiger partial charge in [0.25, 0.3) is 0 Å². The smallest absolute Gasteiger partial charge is 0.308 e. The average molecular weight is 677 g/mol. The summed E-state index contributed by atoms with van der Waals surface area (Å²) in [6.07, 6.45) is 54.2. The number of hydrogen-bond donors (Lipinski definition) is 0. The summed E-state index contributed by atoms with van der Waals surface area (Å²) in [5.41, 5.74) is 0. The minimum absolute atomic E-state index is 0.121. The van der Waals surface area contributed by atoms with Crippen LogP contribution in [0.2, 0.25) is 0 Å². The maximum absolute atomic E-state index is 13.1. The molecule has 0 saturated carbocycles. The van der Waals surface area contributed by atoms with Crippen molar-refractivity contribution in [1.29, 1.82) is 0 Å². The zero-order valence-corrected chi connectivity index (χ0v) is 33.9. The molecule has 0 radical (unpaired) electrons. The van der Waals surface area contributed by atoms with E-state index in [1.54, 1.807) is 0 Å². The van der Waals surface area contributed by atoms with Crippen molar-refractivity contribution in [2.75, 3.05) is 6.61 Å².